The summed E-state index contributed by atoms with van der Waals surface area (Å²) in [5, 5.41) is 0. The zero-order valence-electron chi connectivity index (χ0n) is 7.46. The van der Waals surface area contributed by atoms with E-state index in [-0.39, 0.29) is 6.04 Å². The highest BCUT2D eigenvalue weighted by molar-refractivity contribution is 9.10. The van der Waals surface area contributed by atoms with E-state index in [9.17, 15) is 0 Å². The third kappa shape index (κ3) is 1.78. The predicted octanol–water partition coefficient (Wildman–Crippen LogP) is 2.99. The van der Waals surface area contributed by atoms with Crippen molar-refractivity contribution < 1.29 is 0 Å². The Kier molecular flexibility index (Phi) is 2.67. The number of halogens is 1. The molecule has 70 valence electrons. The van der Waals surface area contributed by atoms with Gasteiger partial charge in [-0.15, -0.1) is 11.8 Å². The van der Waals surface area contributed by atoms with Crippen LogP contribution in [0.2, 0.25) is 0 Å². The van der Waals surface area contributed by atoms with Gasteiger partial charge in [0.05, 0.1) is 0 Å². The summed E-state index contributed by atoms with van der Waals surface area (Å²) in [4.78, 5) is 1.39. The van der Waals surface area contributed by atoms with Gasteiger partial charge >= 0.3 is 0 Å². The maximum absolute atomic E-state index is 5.93. The lowest BCUT2D eigenvalue weighted by Crippen LogP contribution is -2.24. The van der Waals surface area contributed by atoms with Gasteiger partial charge in [0.25, 0.3) is 0 Å². The van der Waals surface area contributed by atoms with Gasteiger partial charge in [-0.3, -0.25) is 0 Å². The second-order valence-electron chi connectivity index (χ2n) is 3.46. The average molecular weight is 258 g/mol. The molecule has 1 heterocycles. The fourth-order valence-electron chi connectivity index (χ4n) is 1.64. The molecule has 0 saturated heterocycles. The Morgan fingerprint density at radius 1 is 1.62 bits per heavy atom. The molecule has 0 amide bonds. The lowest BCUT2D eigenvalue weighted by Gasteiger charge is -2.14. The summed E-state index contributed by atoms with van der Waals surface area (Å²) in [6, 6.07) is 6.73. The minimum absolute atomic E-state index is 0.259. The van der Waals surface area contributed by atoms with Crippen molar-refractivity contribution >= 4 is 27.7 Å². The van der Waals surface area contributed by atoms with E-state index in [4.69, 9.17) is 5.73 Å². The molecule has 0 bridgehead atoms. The Labute approximate surface area is 91.2 Å². The van der Waals surface area contributed by atoms with Crippen molar-refractivity contribution in [3.8, 4) is 0 Å². The molecule has 2 unspecified atom stereocenters. The largest absolute Gasteiger partial charge is 0.327 e. The normalized spacial score (nSPS) is 22.8. The van der Waals surface area contributed by atoms with E-state index in [1.54, 1.807) is 0 Å². The molecule has 1 aliphatic heterocycles. The van der Waals surface area contributed by atoms with Gasteiger partial charge < -0.3 is 5.73 Å². The Bertz CT molecular complexity index is 325. The number of hydrogen-bond donors (Lipinski definition) is 1. The van der Waals surface area contributed by atoms with Gasteiger partial charge in [-0.2, -0.15) is 0 Å². The fraction of sp³-hybridized carbons (Fsp3) is 0.400. The number of thioether (sulfide) groups is 1. The first-order valence-corrected chi connectivity index (χ1v) is 6.14. The predicted molar refractivity (Wildman–Crippen MR) is 61.3 cm³/mol. The van der Waals surface area contributed by atoms with Gasteiger partial charge in [0, 0.05) is 27.1 Å². The summed E-state index contributed by atoms with van der Waals surface area (Å²) in [7, 11) is 0. The van der Waals surface area contributed by atoms with Crippen LogP contribution in [0, 0.1) is 0 Å². The van der Waals surface area contributed by atoms with Crippen LogP contribution in [-0.2, 0) is 0 Å². The van der Waals surface area contributed by atoms with Crippen LogP contribution in [0.1, 0.15) is 18.4 Å². The van der Waals surface area contributed by atoms with Crippen LogP contribution in [0.3, 0.4) is 0 Å². The van der Waals surface area contributed by atoms with Crippen molar-refractivity contribution in [2.24, 2.45) is 5.73 Å². The van der Waals surface area contributed by atoms with Crippen LogP contribution in [0.15, 0.2) is 27.6 Å². The monoisotopic (exact) mass is 257 g/mol. The lowest BCUT2D eigenvalue weighted by atomic mass is 9.95. The lowest BCUT2D eigenvalue weighted by molar-refractivity contribution is 0.622. The molecule has 0 fully saturated rings. The zero-order valence-corrected chi connectivity index (χ0v) is 9.86. The third-order valence-corrected chi connectivity index (χ3v) is 4.11. The molecule has 0 aliphatic carbocycles. The molecule has 1 aliphatic rings. The topological polar surface area (TPSA) is 26.0 Å². The average Bonchev–Trinajstić information content (AvgIpc) is 2.46. The second-order valence-corrected chi connectivity index (χ2v) is 5.44. The highest BCUT2D eigenvalue weighted by atomic mass is 79.9. The third-order valence-electron chi connectivity index (χ3n) is 2.43. The second kappa shape index (κ2) is 3.64. The molecule has 0 radical (unpaired) electrons. The van der Waals surface area contributed by atoms with E-state index < -0.39 is 0 Å². The highest BCUT2D eigenvalue weighted by Gasteiger charge is 2.25. The van der Waals surface area contributed by atoms with Gasteiger partial charge in [-0.05, 0) is 24.6 Å². The molecule has 2 atom stereocenters. The minimum Gasteiger partial charge on any atom is -0.327 e. The number of benzene rings is 1. The fourth-order valence-corrected chi connectivity index (χ4v) is 3.60. The smallest absolute Gasteiger partial charge is 0.0186 e. The molecule has 0 spiro atoms. The van der Waals surface area contributed by atoms with E-state index in [1.165, 1.54) is 10.5 Å². The van der Waals surface area contributed by atoms with Crippen LogP contribution in [0.4, 0.5) is 0 Å². The standard InChI is InChI=1S/C10H12BrNS/c1-6(12)9-5-13-10-4-7(11)2-3-8(9)10/h2-4,6,9H,5,12H2,1H3. The van der Waals surface area contributed by atoms with Crippen LogP contribution in [0.25, 0.3) is 0 Å². The van der Waals surface area contributed by atoms with E-state index in [1.807, 2.05) is 11.8 Å². The molecule has 1 aromatic carbocycles. The van der Waals surface area contributed by atoms with Gasteiger partial charge in [0.2, 0.25) is 0 Å². The first-order chi connectivity index (χ1) is 6.18. The van der Waals surface area contributed by atoms with Crippen molar-refractivity contribution in [2.75, 3.05) is 5.75 Å². The summed E-state index contributed by atoms with van der Waals surface area (Å²) >= 11 is 5.39. The Balaban J connectivity index is 2.38. The first-order valence-electron chi connectivity index (χ1n) is 4.36. The highest BCUT2D eigenvalue weighted by Crippen LogP contribution is 2.41. The molecule has 0 aromatic heterocycles. The maximum atomic E-state index is 5.93. The molecule has 0 saturated carbocycles. The molecule has 2 rings (SSSR count). The van der Waals surface area contributed by atoms with Crippen LogP contribution in [-0.4, -0.2) is 11.8 Å². The first kappa shape index (κ1) is 9.56. The van der Waals surface area contributed by atoms with Crippen LogP contribution < -0.4 is 5.73 Å². The van der Waals surface area contributed by atoms with Crippen LogP contribution in [0.5, 0.6) is 0 Å². The van der Waals surface area contributed by atoms with Crippen molar-refractivity contribution in [2.45, 2.75) is 23.8 Å². The van der Waals surface area contributed by atoms with E-state index in [0.29, 0.717) is 5.92 Å². The summed E-state index contributed by atoms with van der Waals surface area (Å²) in [6.45, 7) is 2.09. The molecular formula is C10H12BrNS. The van der Waals surface area contributed by atoms with Gasteiger partial charge in [0.15, 0.2) is 0 Å². The SMILES string of the molecule is CC(N)C1CSc2cc(Br)ccc21. The summed E-state index contributed by atoms with van der Waals surface area (Å²) in [5.41, 5.74) is 7.35. The number of fused-ring (bicyclic) bond motifs is 1. The van der Waals surface area contributed by atoms with Crippen molar-refractivity contribution in [1.82, 2.24) is 0 Å². The van der Waals surface area contributed by atoms with Crippen molar-refractivity contribution in [3.05, 3.63) is 28.2 Å². The molecule has 1 nitrogen and oxygen atoms in total. The van der Waals surface area contributed by atoms with E-state index in [2.05, 4.69) is 41.1 Å². The molecular weight excluding hydrogens is 246 g/mol. The van der Waals surface area contributed by atoms with Gasteiger partial charge in [-0.1, -0.05) is 22.0 Å². The number of hydrogen-bond acceptors (Lipinski definition) is 2. The molecule has 1 aromatic rings. The van der Waals surface area contributed by atoms with Crippen molar-refractivity contribution in [3.63, 3.8) is 0 Å². The number of nitrogens with two attached hydrogens (primary N) is 1. The van der Waals surface area contributed by atoms with E-state index in [0.717, 1.165) is 10.2 Å². The minimum atomic E-state index is 0.259. The summed E-state index contributed by atoms with van der Waals surface area (Å²) < 4.78 is 1.16. The zero-order chi connectivity index (χ0) is 9.42. The molecule has 13 heavy (non-hydrogen) atoms. The quantitative estimate of drug-likeness (QED) is 0.838. The summed E-state index contributed by atoms with van der Waals surface area (Å²) in [6.07, 6.45) is 0. The van der Waals surface area contributed by atoms with Gasteiger partial charge in [-0.25, -0.2) is 0 Å². The molecule has 3 heteroatoms. The Morgan fingerprint density at radius 2 is 2.38 bits per heavy atom. The maximum Gasteiger partial charge on any atom is 0.0186 e. The molecule has 2 N–H and O–H groups in total. The number of rotatable bonds is 1. The Hall–Kier alpha value is 0.01000. The Morgan fingerprint density at radius 3 is 3.08 bits per heavy atom. The van der Waals surface area contributed by atoms with Gasteiger partial charge in [0.1, 0.15) is 0 Å². The summed E-state index contributed by atoms with van der Waals surface area (Å²) in [5.74, 6) is 1.66. The van der Waals surface area contributed by atoms with E-state index >= 15 is 0 Å². The van der Waals surface area contributed by atoms with Crippen molar-refractivity contribution in [1.29, 1.82) is 0 Å². The van der Waals surface area contributed by atoms with Crippen LogP contribution >= 0.6 is 27.7 Å².